The Bertz CT molecular complexity index is 890. The normalized spacial score (nSPS) is 15.0. The molecule has 0 unspecified atom stereocenters. The van der Waals surface area contributed by atoms with Gasteiger partial charge < -0.3 is 29.5 Å². The summed E-state index contributed by atoms with van der Waals surface area (Å²) in [6, 6.07) is 28.8. The molecule has 3 aromatic carbocycles. The van der Waals surface area contributed by atoms with E-state index in [1.807, 2.05) is 91.0 Å². The van der Waals surface area contributed by atoms with Crippen molar-refractivity contribution in [2.24, 2.45) is 0 Å². The molecule has 0 saturated heterocycles. The van der Waals surface area contributed by atoms with E-state index in [2.05, 4.69) is 0 Å². The molecule has 0 radical (unpaired) electrons. The molecule has 6 nitrogen and oxygen atoms in total. The van der Waals surface area contributed by atoms with Gasteiger partial charge in [-0.15, -0.1) is 0 Å². The minimum Gasteiger partial charge on any atom is -0.394 e. The summed E-state index contributed by atoms with van der Waals surface area (Å²) in [6.07, 6.45) is -3.75. The zero-order valence-corrected chi connectivity index (χ0v) is 18.6. The number of aliphatic hydroxyl groups is 3. The zero-order valence-electron chi connectivity index (χ0n) is 18.6. The van der Waals surface area contributed by atoms with Crippen LogP contribution in [0, 0.1) is 0 Å². The first-order valence-electron chi connectivity index (χ1n) is 11.1. The van der Waals surface area contributed by atoms with Gasteiger partial charge in [-0.25, -0.2) is 0 Å². The Hall–Kier alpha value is -2.58. The van der Waals surface area contributed by atoms with Crippen molar-refractivity contribution in [1.82, 2.24) is 0 Å². The summed E-state index contributed by atoms with van der Waals surface area (Å²) >= 11 is 0. The SMILES string of the molecule is OC[C@@H](O)[C@@H](OCc1ccccc1)[C@H](OCc1ccccc1)[C@H](CO)OCc1ccccc1. The average molecular weight is 453 g/mol. The highest BCUT2D eigenvalue weighted by molar-refractivity contribution is 5.15. The van der Waals surface area contributed by atoms with E-state index >= 15 is 0 Å². The molecule has 0 aliphatic carbocycles. The molecule has 3 N–H and O–H groups in total. The summed E-state index contributed by atoms with van der Waals surface area (Å²) in [4.78, 5) is 0. The first-order chi connectivity index (χ1) is 16.2. The lowest BCUT2D eigenvalue weighted by atomic mass is 10.0. The Morgan fingerprint density at radius 2 is 0.909 bits per heavy atom. The highest BCUT2D eigenvalue weighted by atomic mass is 16.6. The number of hydrogen-bond acceptors (Lipinski definition) is 6. The van der Waals surface area contributed by atoms with Crippen LogP contribution in [0.5, 0.6) is 0 Å². The van der Waals surface area contributed by atoms with Crippen molar-refractivity contribution in [2.45, 2.75) is 44.2 Å². The molecule has 0 aliphatic rings. The van der Waals surface area contributed by atoms with Crippen LogP contribution >= 0.6 is 0 Å². The predicted molar refractivity (Wildman–Crippen MR) is 125 cm³/mol. The fourth-order valence-electron chi connectivity index (χ4n) is 3.50. The molecule has 3 rings (SSSR count). The third-order valence-corrected chi connectivity index (χ3v) is 5.31. The molecule has 0 spiro atoms. The van der Waals surface area contributed by atoms with Crippen molar-refractivity contribution in [1.29, 1.82) is 0 Å². The van der Waals surface area contributed by atoms with Gasteiger partial charge in [0, 0.05) is 0 Å². The van der Waals surface area contributed by atoms with E-state index in [1.165, 1.54) is 0 Å². The lowest BCUT2D eigenvalue weighted by Gasteiger charge is -2.35. The Morgan fingerprint density at radius 3 is 1.30 bits per heavy atom. The van der Waals surface area contributed by atoms with Crippen LogP contribution in [0.1, 0.15) is 16.7 Å². The second kappa shape index (κ2) is 13.9. The van der Waals surface area contributed by atoms with Gasteiger partial charge in [0.25, 0.3) is 0 Å². The average Bonchev–Trinajstić information content (AvgIpc) is 2.88. The van der Waals surface area contributed by atoms with Crippen LogP contribution in [-0.4, -0.2) is 52.9 Å². The summed E-state index contributed by atoms with van der Waals surface area (Å²) in [7, 11) is 0. The van der Waals surface area contributed by atoms with Crippen LogP contribution in [0.3, 0.4) is 0 Å². The standard InChI is InChI=1S/C27H32O6/c28-16-24(30)26(32-19-22-12-6-2-7-13-22)27(33-20-23-14-8-3-9-15-23)25(17-29)31-18-21-10-4-1-5-11-21/h1-15,24-30H,16-20H2/t24-,25+,26-,27-/m1/s1. The molecule has 0 amide bonds. The molecule has 0 bridgehead atoms. The highest BCUT2D eigenvalue weighted by Gasteiger charge is 2.36. The van der Waals surface area contributed by atoms with Crippen molar-refractivity contribution in [3.63, 3.8) is 0 Å². The Morgan fingerprint density at radius 1 is 0.515 bits per heavy atom. The highest BCUT2D eigenvalue weighted by Crippen LogP contribution is 2.21. The summed E-state index contributed by atoms with van der Waals surface area (Å²) in [5, 5.41) is 30.5. The van der Waals surface area contributed by atoms with Gasteiger partial charge in [0.2, 0.25) is 0 Å². The van der Waals surface area contributed by atoms with E-state index in [4.69, 9.17) is 14.2 Å². The lowest BCUT2D eigenvalue weighted by molar-refractivity contribution is -0.190. The third-order valence-electron chi connectivity index (χ3n) is 5.31. The minimum atomic E-state index is -1.22. The second-order valence-electron chi connectivity index (χ2n) is 7.79. The number of rotatable bonds is 14. The fourth-order valence-corrected chi connectivity index (χ4v) is 3.50. The molecule has 6 heteroatoms. The van der Waals surface area contributed by atoms with Crippen LogP contribution in [0.15, 0.2) is 91.0 Å². The van der Waals surface area contributed by atoms with Gasteiger partial charge in [0.1, 0.15) is 24.4 Å². The molecule has 0 fully saturated rings. The maximum atomic E-state index is 10.6. The van der Waals surface area contributed by atoms with E-state index in [1.54, 1.807) is 0 Å². The van der Waals surface area contributed by atoms with Crippen LogP contribution in [0.2, 0.25) is 0 Å². The monoisotopic (exact) mass is 452 g/mol. The summed E-state index contributed by atoms with van der Waals surface area (Å²) in [6.45, 7) is -0.139. The topological polar surface area (TPSA) is 88.4 Å². The third kappa shape index (κ3) is 8.05. The first-order valence-corrected chi connectivity index (χ1v) is 11.1. The van der Waals surface area contributed by atoms with Crippen LogP contribution in [0.25, 0.3) is 0 Å². The number of aliphatic hydroxyl groups excluding tert-OH is 3. The molecule has 0 saturated carbocycles. The van der Waals surface area contributed by atoms with Gasteiger partial charge in [-0.3, -0.25) is 0 Å². The zero-order chi connectivity index (χ0) is 23.3. The largest absolute Gasteiger partial charge is 0.394 e. The van der Waals surface area contributed by atoms with Gasteiger partial charge in [-0.1, -0.05) is 91.0 Å². The summed E-state index contributed by atoms with van der Waals surface area (Å²) < 4.78 is 18.2. The lowest BCUT2D eigenvalue weighted by Crippen LogP contribution is -2.51. The summed E-state index contributed by atoms with van der Waals surface area (Å²) in [5.74, 6) is 0. The van der Waals surface area contributed by atoms with E-state index in [0.29, 0.717) is 0 Å². The van der Waals surface area contributed by atoms with Gasteiger partial charge >= 0.3 is 0 Å². The van der Waals surface area contributed by atoms with E-state index in [9.17, 15) is 15.3 Å². The molecular weight excluding hydrogens is 420 g/mol. The van der Waals surface area contributed by atoms with Gasteiger partial charge in [0.15, 0.2) is 0 Å². The fraction of sp³-hybridized carbons (Fsp3) is 0.333. The Kier molecular flexibility index (Phi) is 10.5. The van der Waals surface area contributed by atoms with E-state index in [0.717, 1.165) is 16.7 Å². The van der Waals surface area contributed by atoms with Gasteiger partial charge in [-0.05, 0) is 16.7 Å². The number of ether oxygens (including phenoxy) is 3. The molecule has 3 aromatic rings. The molecule has 176 valence electrons. The maximum Gasteiger partial charge on any atom is 0.115 e. The second-order valence-corrected chi connectivity index (χ2v) is 7.79. The van der Waals surface area contributed by atoms with Crippen molar-refractivity contribution >= 4 is 0 Å². The quantitative estimate of drug-likeness (QED) is 0.348. The molecular formula is C27H32O6. The van der Waals surface area contributed by atoms with Crippen LogP contribution in [-0.2, 0) is 34.0 Å². The first kappa shape index (κ1) is 25.1. The molecule has 0 aliphatic heterocycles. The van der Waals surface area contributed by atoms with Crippen LogP contribution < -0.4 is 0 Å². The van der Waals surface area contributed by atoms with Gasteiger partial charge in [-0.2, -0.15) is 0 Å². The summed E-state index contributed by atoms with van der Waals surface area (Å²) in [5.41, 5.74) is 2.80. The predicted octanol–water partition coefficient (Wildman–Crippen LogP) is 3.09. The molecule has 0 heterocycles. The Balaban J connectivity index is 1.78. The maximum absolute atomic E-state index is 10.6. The van der Waals surface area contributed by atoms with Crippen molar-refractivity contribution in [3.05, 3.63) is 108 Å². The molecule has 4 atom stereocenters. The van der Waals surface area contributed by atoms with Gasteiger partial charge in [0.05, 0.1) is 33.0 Å². The van der Waals surface area contributed by atoms with Crippen LogP contribution in [0.4, 0.5) is 0 Å². The number of benzene rings is 3. The molecule has 0 aromatic heterocycles. The van der Waals surface area contributed by atoms with Crippen molar-refractivity contribution in [2.75, 3.05) is 13.2 Å². The molecule has 33 heavy (non-hydrogen) atoms. The Labute approximate surface area is 195 Å². The van der Waals surface area contributed by atoms with E-state index in [-0.39, 0.29) is 26.4 Å². The smallest absolute Gasteiger partial charge is 0.115 e. The number of hydrogen-bond donors (Lipinski definition) is 3. The van der Waals surface area contributed by atoms with Crippen molar-refractivity contribution in [3.8, 4) is 0 Å². The van der Waals surface area contributed by atoms with E-state index < -0.39 is 31.0 Å². The van der Waals surface area contributed by atoms with Crippen molar-refractivity contribution < 1.29 is 29.5 Å². The minimum absolute atomic E-state index is 0.213.